The molecule has 1 fully saturated rings. The molecule has 82 valence electrons. The molecule has 5 heteroatoms. The molecule has 0 spiro atoms. The van der Waals surface area contributed by atoms with Crippen molar-refractivity contribution in [2.45, 2.75) is 32.4 Å². The molecule has 1 aromatic rings. The number of amides is 1. The molecular formula is C10H14N2O2S. The smallest absolute Gasteiger partial charge is 0.307 e. The van der Waals surface area contributed by atoms with Gasteiger partial charge in [-0.15, -0.1) is 0 Å². The van der Waals surface area contributed by atoms with Gasteiger partial charge in [0.15, 0.2) is 0 Å². The average Bonchev–Trinajstić information content (AvgIpc) is 2.95. The van der Waals surface area contributed by atoms with Gasteiger partial charge in [-0.1, -0.05) is 11.3 Å². The van der Waals surface area contributed by atoms with Gasteiger partial charge < -0.3 is 4.90 Å². The van der Waals surface area contributed by atoms with Crippen LogP contribution in [0.4, 0.5) is 0 Å². The van der Waals surface area contributed by atoms with Gasteiger partial charge >= 0.3 is 4.87 Å². The molecular weight excluding hydrogens is 212 g/mol. The highest BCUT2D eigenvalue weighted by Crippen LogP contribution is 2.26. The van der Waals surface area contributed by atoms with Crippen molar-refractivity contribution in [2.24, 2.45) is 0 Å². The number of hydrogen-bond donors (Lipinski definition) is 0. The Kier molecular flexibility index (Phi) is 2.90. The Bertz CT molecular complexity index is 406. The third-order valence-corrected chi connectivity index (χ3v) is 3.29. The van der Waals surface area contributed by atoms with Crippen LogP contribution >= 0.6 is 11.3 Å². The Balaban J connectivity index is 2.02. The molecule has 1 saturated carbocycles. The first-order valence-electron chi connectivity index (χ1n) is 5.15. The fourth-order valence-electron chi connectivity index (χ4n) is 1.67. The lowest BCUT2D eigenvalue weighted by Crippen LogP contribution is -2.36. The summed E-state index contributed by atoms with van der Waals surface area (Å²) in [5.74, 6) is 0.0560. The zero-order valence-corrected chi connectivity index (χ0v) is 9.50. The summed E-state index contributed by atoms with van der Waals surface area (Å²) in [6, 6.07) is 0.428. The molecule has 15 heavy (non-hydrogen) atoms. The van der Waals surface area contributed by atoms with Gasteiger partial charge in [-0.2, -0.15) is 0 Å². The van der Waals surface area contributed by atoms with E-state index in [9.17, 15) is 9.59 Å². The molecule has 0 radical (unpaired) electrons. The summed E-state index contributed by atoms with van der Waals surface area (Å²) in [5.41, 5.74) is 0. The van der Waals surface area contributed by atoms with E-state index in [2.05, 4.69) is 0 Å². The van der Waals surface area contributed by atoms with Crippen LogP contribution in [0.5, 0.6) is 0 Å². The van der Waals surface area contributed by atoms with Gasteiger partial charge in [0, 0.05) is 24.2 Å². The van der Waals surface area contributed by atoms with Crippen LogP contribution in [0, 0.1) is 0 Å². The van der Waals surface area contributed by atoms with Crippen LogP contribution in [-0.2, 0) is 11.3 Å². The lowest BCUT2D eigenvalue weighted by Gasteiger charge is -2.20. The fraction of sp³-hybridized carbons (Fsp3) is 0.600. The summed E-state index contributed by atoms with van der Waals surface area (Å²) in [4.78, 5) is 24.9. The predicted molar refractivity (Wildman–Crippen MR) is 59.0 cm³/mol. The van der Waals surface area contributed by atoms with Crippen molar-refractivity contribution in [1.29, 1.82) is 0 Å². The van der Waals surface area contributed by atoms with Crippen LogP contribution < -0.4 is 4.87 Å². The highest BCUT2D eigenvalue weighted by atomic mass is 32.1. The average molecular weight is 226 g/mol. The van der Waals surface area contributed by atoms with E-state index in [-0.39, 0.29) is 17.3 Å². The topological polar surface area (TPSA) is 42.3 Å². The lowest BCUT2D eigenvalue weighted by molar-refractivity contribution is -0.132. The molecule has 0 bridgehead atoms. The second kappa shape index (κ2) is 4.18. The minimum Gasteiger partial charge on any atom is -0.338 e. The number of aromatic nitrogens is 1. The summed E-state index contributed by atoms with van der Waals surface area (Å²) in [6.07, 6.45) is 3.89. The Morgan fingerprint density at radius 1 is 1.67 bits per heavy atom. The maximum absolute atomic E-state index is 11.8. The zero-order valence-electron chi connectivity index (χ0n) is 8.68. The normalized spacial score (nSPS) is 15.3. The highest BCUT2D eigenvalue weighted by Gasteiger charge is 2.31. The second-order valence-corrected chi connectivity index (χ2v) is 4.56. The van der Waals surface area contributed by atoms with E-state index in [1.54, 1.807) is 11.6 Å². The van der Waals surface area contributed by atoms with Gasteiger partial charge in [0.2, 0.25) is 5.91 Å². The first kappa shape index (κ1) is 10.4. The van der Waals surface area contributed by atoms with Gasteiger partial charge in [-0.25, -0.2) is 0 Å². The number of likely N-dealkylation sites (N-methyl/N-ethyl adjacent to an activating group) is 1. The molecule has 1 aliphatic rings. The van der Waals surface area contributed by atoms with Crippen molar-refractivity contribution >= 4 is 17.2 Å². The third kappa shape index (κ3) is 2.28. The largest absolute Gasteiger partial charge is 0.338 e. The van der Waals surface area contributed by atoms with Crippen molar-refractivity contribution in [1.82, 2.24) is 9.47 Å². The molecule has 1 aliphatic carbocycles. The van der Waals surface area contributed by atoms with Gasteiger partial charge in [-0.3, -0.25) is 14.2 Å². The molecule has 0 atom stereocenters. The standard InChI is InChI=1S/C10H14N2O2S/c1-2-12(8-3-4-8)9(13)7-11-5-6-15-10(11)14/h5-6,8H,2-4,7H2,1H3. The molecule has 0 aliphatic heterocycles. The van der Waals surface area contributed by atoms with Gasteiger partial charge in [0.25, 0.3) is 0 Å². The first-order chi connectivity index (χ1) is 7.22. The van der Waals surface area contributed by atoms with E-state index >= 15 is 0 Å². The van der Waals surface area contributed by atoms with Crippen LogP contribution in [0.1, 0.15) is 19.8 Å². The van der Waals surface area contributed by atoms with E-state index in [0.717, 1.165) is 30.7 Å². The van der Waals surface area contributed by atoms with E-state index in [1.165, 1.54) is 4.57 Å². The molecule has 0 N–H and O–H groups in total. The van der Waals surface area contributed by atoms with Crippen molar-refractivity contribution in [3.05, 3.63) is 21.2 Å². The van der Waals surface area contributed by atoms with Gasteiger partial charge in [-0.05, 0) is 19.8 Å². The van der Waals surface area contributed by atoms with Gasteiger partial charge in [0.1, 0.15) is 6.54 Å². The molecule has 2 rings (SSSR count). The number of hydrogen-bond acceptors (Lipinski definition) is 3. The van der Waals surface area contributed by atoms with Gasteiger partial charge in [0.05, 0.1) is 0 Å². The van der Waals surface area contributed by atoms with Crippen LogP contribution in [0.3, 0.4) is 0 Å². The molecule has 1 amide bonds. The zero-order chi connectivity index (χ0) is 10.8. The molecule has 1 aromatic heterocycles. The monoisotopic (exact) mass is 226 g/mol. The van der Waals surface area contributed by atoms with E-state index in [0.29, 0.717) is 6.04 Å². The van der Waals surface area contributed by atoms with Crippen LogP contribution in [0.2, 0.25) is 0 Å². The Morgan fingerprint density at radius 3 is 2.87 bits per heavy atom. The minimum atomic E-state index is -0.0600. The maximum Gasteiger partial charge on any atom is 0.307 e. The number of thiazole rings is 1. The second-order valence-electron chi connectivity index (χ2n) is 3.71. The summed E-state index contributed by atoms with van der Waals surface area (Å²) in [7, 11) is 0. The van der Waals surface area contributed by atoms with E-state index in [1.807, 2.05) is 11.8 Å². The maximum atomic E-state index is 11.8. The Labute approximate surface area is 92.1 Å². The minimum absolute atomic E-state index is 0.0560. The third-order valence-electron chi connectivity index (χ3n) is 2.60. The van der Waals surface area contributed by atoms with Crippen LogP contribution in [0.25, 0.3) is 0 Å². The van der Waals surface area contributed by atoms with Crippen LogP contribution in [0.15, 0.2) is 16.4 Å². The summed E-state index contributed by atoms with van der Waals surface area (Å²) in [6.45, 7) is 2.90. The van der Waals surface area contributed by atoms with Crippen molar-refractivity contribution in [2.75, 3.05) is 6.54 Å². The molecule has 4 nitrogen and oxygen atoms in total. The number of nitrogens with zero attached hydrogens (tertiary/aromatic N) is 2. The van der Waals surface area contributed by atoms with E-state index in [4.69, 9.17) is 0 Å². The van der Waals surface area contributed by atoms with Crippen LogP contribution in [-0.4, -0.2) is 28.0 Å². The number of carbonyl (C=O) groups excluding carboxylic acids is 1. The molecule has 0 aromatic carbocycles. The van der Waals surface area contributed by atoms with Crippen molar-refractivity contribution in [3.8, 4) is 0 Å². The number of rotatable bonds is 4. The number of carbonyl (C=O) groups is 1. The molecule has 1 heterocycles. The fourth-order valence-corrected chi connectivity index (χ4v) is 2.25. The molecule has 0 unspecified atom stereocenters. The summed E-state index contributed by atoms with van der Waals surface area (Å²) < 4.78 is 1.47. The highest BCUT2D eigenvalue weighted by molar-refractivity contribution is 7.07. The quantitative estimate of drug-likeness (QED) is 0.766. The Hall–Kier alpha value is -1.10. The van der Waals surface area contributed by atoms with E-state index < -0.39 is 0 Å². The molecule has 0 saturated heterocycles. The predicted octanol–water partition coefficient (Wildman–Crippen LogP) is 0.921. The summed E-state index contributed by atoms with van der Waals surface area (Å²) in [5, 5.41) is 1.71. The lowest BCUT2D eigenvalue weighted by atomic mass is 10.4. The SMILES string of the molecule is CCN(C(=O)Cn1ccsc1=O)C1CC1. The Morgan fingerprint density at radius 2 is 2.40 bits per heavy atom. The summed E-state index contributed by atoms with van der Waals surface area (Å²) >= 11 is 1.13. The van der Waals surface area contributed by atoms with Crippen molar-refractivity contribution in [3.63, 3.8) is 0 Å². The first-order valence-corrected chi connectivity index (χ1v) is 6.03. The van der Waals surface area contributed by atoms with Crippen molar-refractivity contribution < 1.29 is 4.79 Å².